The normalized spacial score (nSPS) is 11.2. The second kappa shape index (κ2) is 6.49. The second-order valence-corrected chi connectivity index (χ2v) is 4.17. The van der Waals surface area contributed by atoms with Gasteiger partial charge in [-0.15, -0.1) is 0 Å². The highest BCUT2D eigenvalue weighted by molar-refractivity contribution is 5.32. The molecule has 0 spiro atoms. The van der Waals surface area contributed by atoms with Crippen molar-refractivity contribution in [3.8, 4) is 5.75 Å². The van der Waals surface area contributed by atoms with Crippen molar-refractivity contribution in [2.45, 2.75) is 39.8 Å². The molecule has 1 rings (SSSR count). The van der Waals surface area contributed by atoms with Gasteiger partial charge in [0.1, 0.15) is 12.4 Å². The number of pyridine rings is 1. The zero-order valence-electron chi connectivity index (χ0n) is 10.3. The Bertz CT molecular complexity index is 356. The minimum atomic E-state index is -2.46. The van der Waals surface area contributed by atoms with Crippen LogP contribution in [0, 0.1) is 6.92 Å². The zero-order chi connectivity index (χ0) is 12.8. The predicted molar refractivity (Wildman–Crippen MR) is 62.4 cm³/mol. The fourth-order valence-corrected chi connectivity index (χ4v) is 1.30. The molecule has 3 nitrogen and oxygen atoms in total. The molecule has 5 heteroatoms. The summed E-state index contributed by atoms with van der Waals surface area (Å²) in [5.41, 5.74) is 1.55. The van der Waals surface area contributed by atoms with Crippen LogP contribution in [0.25, 0.3) is 0 Å². The molecule has 0 aliphatic carbocycles. The summed E-state index contributed by atoms with van der Waals surface area (Å²) in [7, 11) is 0. The quantitative estimate of drug-likeness (QED) is 0.835. The molecule has 0 atom stereocenters. The topological polar surface area (TPSA) is 34.1 Å². The summed E-state index contributed by atoms with van der Waals surface area (Å²) in [4.78, 5) is 4.14. The number of nitrogens with one attached hydrogen (secondary N) is 1. The van der Waals surface area contributed by atoms with E-state index in [4.69, 9.17) is 4.74 Å². The molecule has 1 N–H and O–H groups in total. The highest BCUT2D eigenvalue weighted by Gasteiger charge is 2.09. The SMILES string of the molecule is Cc1cc(OCC(F)F)c(CNC(C)C)cn1. The summed E-state index contributed by atoms with van der Waals surface area (Å²) in [5, 5.41) is 3.20. The Balaban J connectivity index is 2.72. The van der Waals surface area contributed by atoms with Crippen molar-refractivity contribution >= 4 is 0 Å². The molecule has 0 aromatic carbocycles. The summed E-state index contributed by atoms with van der Waals surface area (Å²) >= 11 is 0. The number of rotatable bonds is 6. The Hall–Kier alpha value is -1.23. The summed E-state index contributed by atoms with van der Waals surface area (Å²) < 4.78 is 29.3. The molecule has 1 heterocycles. The van der Waals surface area contributed by atoms with E-state index in [1.807, 2.05) is 13.8 Å². The summed E-state index contributed by atoms with van der Waals surface area (Å²) in [6, 6.07) is 2.00. The monoisotopic (exact) mass is 244 g/mol. The van der Waals surface area contributed by atoms with E-state index >= 15 is 0 Å². The number of aryl methyl sites for hydroxylation is 1. The number of halogens is 2. The average molecular weight is 244 g/mol. The molecule has 0 aliphatic heterocycles. The van der Waals surface area contributed by atoms with Crippen molar-refractivity contribution in [3.63, 3.8) is 0 Å². The van der Waals surface area contributed by atoms with Crippen LogP contribution in [0.1, 0.15) is 25.1 Å². The van der Waals surface area contributed by atoms with E-state index < -0.39 is 13.0 Å². The van der Waals surface area contributed by atoms with Crippen LogP contribution in [0.2, 0.25) is 0 Å². The first-order chi connectivity index (χ1) is 7.99. The van der Waals surface area contributed by atoms with Crippen molar-refractivity contribution in [2.24, 2.45) is 0 Å². The van der Waals surface area contributed by atoms with Gasteiger partial charge in [-0.3, -0.25) is 4.98 Å². The number of ether oxygens (including phenoxy) is 1. The van der Waals surface area contributed by atoms with E-state index in [-0.39, 0.29) is 0 Å². The van der Waals surface area contributed by atoms with Gasteiger partial charge in [-0.05, 0) is 6.92 Å². The molecular weight excluding hydrogens is 226 g/mol. The number of hydrogen-bond donors (Lipinski definition) is 1. The Morgan fingerprint density at radius 3 is 2.71 bits per heavy atom. The van der Waals surface area contributed by atoms with Gasteiger partial charge in [0.15, 0.2) is 0 Å². The van der Waals surface area contributed by atoms with Crippen LogP contribution in [0.3, 0.4) is 0 Å². The van der Waals surface area contributed by atoms with E-state index in [0.717, 1.165) is 11.3 Å². The van der Waals surface area contributed by atoms with Gasteiger partial charge in [0, 0.05) is 36.1 Å². The van der Waals surface area contributed by atoms with Crippen LogP contribution in [0.15, 0.2) is 12.3 Å². The van der Waals surface area contributed by atoms with Crippen molar-refractivity contribution in [2.75, 3.05) is 6.61 Å². The van der Waals surface area contributed by atoms with Crippen molar-refractivity contribution in [1.29, 1.82) is 0 Å². The van der Waals surface area contributed by atoms with E-state index in [0.29, 0.717) is 18.3 Å². The third-order valence-electron chi connectivity index (χ3n) is 2.15. The highest BCUT2D eigenvalue weighted by Crippen LogP contribution is 2.19. The molecule has 96 valence electrons. The lowest BCUT2D eigenvalue weighted by molar-refractivity contribution is 0.0812. The summed E-state index contributed by atoms with van der Waals surface area (Å²) in [6.07, 6.45) is -0.805. The number of hydrogen-bond acceptors (Lipinski definition) is 3. The molecule has 1 aromatic rings. The molecule has 0 unspecified atom stereocenters. The van der Waals surface area contributed by atoms with Gasteiger partial charge < -0.3 is 10.1 Å². The Morgan fingerprint density at radius 2 is 2.12 bits per heavy atom. The Kier molecular flexibility index (Phi) is 5.28. The maximum Gasteiger partial charge on any atom is 0.272 e. The first kappa shape index (κ1) is 13.8. The van der Waals surface area contributed by atoms with Gasteiger partial charge >= 0.3 is 0 Å². The first-order valence-corrected chi connectivity index (χ1v) is 5.59. The molecule has 0 bridgehead atoms. The number of alkyl halides is 2. The average Bonchev–Trinajstić information content (AvgIpc) is 2.24. The van der Waals surface area contributed by atoms with Gasteiger partial charge in [-0.2, -0.15) is 0 Å². The summed E-state index contributed by atoms with van der Waals surface area (Å²) in [5.74, 6) is 0.478. The zero-order valence-corrected chi connectivity index (χ0v) is 10.3. The van der Waals surface area contributed by atoms with Gasteiger partial charge in [0.25, 0.3) is 6.43 Å². The van der Waals surface area contributed by atoms with Crippen molar-refractivity contribution < 1.29 is 13.5 Å². The van der Waals surface area contributed by atoms with Crippen LogP contribution in [-0.2, 0) is 6.54 Å². The van der Waals surface area contributed by atoms with Crippen molar-refractivity contribution in [1.82, 2.24) is 10.3 Å². The predicted octanol–water partition coefficient (Wildman–Crippen LogP) is 2.53. The van der Waals surface area contributed by atoms with E-state index in [2.05, 4.69) is 10.3 Å². The van der Waals surface area contributed by atoms with Crippen LogP contribution >= 0.6 is 0 Å². The van der Waals surface area contributed by atoms with Crippen LogP contribution < -0.4 is 10.1 Å². The minimum absolute atomic E-state index is 0.319. The highest BCUT2D eigenvalue weighted by atomic mass is 19.3. The van der Waals surface area contributed by atoms with Crippen LogP contribution in [0.4, 0.5) is 8.78 Å². The number of nitrogens with zero attached hydrogens (tertiary/aromatic N) is 1. The molecule has 0 saturated carbocycles. The Morgan fingerprint density at radius 1 is 1.41 bits per heavy atom. The molecular formula is C12H18F2N2O. The molecule has 1 aromatic heterocycles. The summed E-state index contributed by atoms with van der Waals surface area (Å²) in [6.45, 7) is 5.80. The second-order valence-electron chi connectivity index (χ2n) is 4.17. The van der Waals surface area contributed by atoms with E-state index in [9.17, 15) is 8.78 Å². The minimum Gasteiger partial charge on any atom is -0.487 e. The largest absolute Gasteiger partial charge is 0.487 e. The molecule has 0 radical (unpaired) electrons. The molecule has 0 saturated heterocycles. The smallest absolute Gasteiger partial charge is 0.272 e. The fourth-order valence-electron chi connectivity index (χ4n) is 1.30. The van der Waals surface area contributed by atoms with E-state index in [1.165, 1.54) is 0 Å². The molecule has 17 heavy (non-hydrogen) atoms. The Labute approximate surface area is 100 Å². The maximum absolute atomic E-state index is 12.1. The van der Waals surface area contributed by atoms with Gasteiger partial charge in [-0.25, -0.2) is 8.78 Å². The molecule has 0 aliphatic rings. The number of aromatic nitrogens is 1. The lowest BCUT2D eigenvalue weighted by atomic mass is 10.2. The van der Waals surface area contributed by atoms with Gasteiger partial charge in [-0.1, -0.05) is 13.8 Å². The molecule has 0 amide bonds. The van der Waals surface area contributed by atoms with E-state index in [1.54, 1.807) is 19.2 Å². The van der Waals surface area contributed by atoms with Crippen LogP contribution in [-0.4, -0.2) is 24.1 Å². The third-order valence-corrected chi connectivity index (χ3v) is 2.15. The lowest BCUT2D eigenvalue weighted by Crippen LogP contribution is -2.22. The van der Waals surface area contributed by atoms with Gasteiger partial charge in [0.2, 0.25) is 0 Å². The lowest BCUT2D eigenvalue weighted by Gasteiger charge is -2.13. The third kappa shape index (κ3) is 5.08. The molecule has 0 fully saturated rings. The fraction of sp³-hybridized carbons (Fsp3) is 0.583. The maximum atomic E-state index is 12.1. The van der Waals surface area contributed by atoms with Crippen molar-refractivity contribution in [3.05, 3.63) is 23.5 Å². The van der Waals surface area contributed by atoms with Crippen LogP contribution in [0.5, 0.6) is 5.75 Å². The first-order valence-electron chi connectivity index (χ1n) is 5.59. The van der Waals surface area contributed by atoms with Gasteiger partial charge in [0.05, 0.1) is 0 Å². The standard InChI is InChI=1S/C12H18F2N2O/c1-8(2)15-5-10-6-16-9(3)4-11(10)17-7-12(13)14/h4,6,8,12,15H,5,7H2,1-3H3.